The molecule has 0 saturated carbocycles. The molecular weight excluding hydrogens is 388 g/mol. The van der Waals surface area contributed by atoms with Crippen LogP contribution in [0, 0.1) is 0 Å². The maximum absolute atomic E-state index is 12.4. The lowest BCUT2D eigenvalue weighted by atomic mass is 10.1. The third-order valence-corrected chi connectivity index (χ3v) is 5.55. The third-order valence-electron chi connectivity index (χ3n) is 4.15. The Hall–Kier alpha value is -3.45. The summed E-state index contributed by atoms with van der Waals surface area (Å²) in [5, 5.41) is 2.67. The van der Waals surface area contributed by atoms with Crippen LogP contribution < -0.4 is 10.0 Å². The van der Waals surface area contributed by atoms with Crippen LogP contribution >= 0.6 is 0 Å². The van der Waals surface area contributed by atoms with Gasteiger partial charge in [-0.3, -0.25) is 14.3 Å². The number of anilines is 2. The molecule has 3 aromatic rings. The molecule has 0 fully saturated rings. The van der Waals surface area contributed by atoms with Crippen LogP contribution in [0.2, 0.25) is 0 Å². The van der Waals surface area contributed by atoms with E-state index in [0.29, 0.717) is 16.9 Å². The third kappa shape index (κ3) is 5.76. The summed E-state index contributed by atoms with van der Waals surface area (Å²) in [5.74, 6) is -0.415. The Balaban J connectivity index is 1.56. The predicted molar refractivity (Wildman–Crippen MR) is 112 cm³/mol. The number of nitrogens with one attached hydrogen (secondary N) is 2. The normalized spacial score (nSPS) is 10.9. The number of amides is 1. The van der Waals surface area contributed by atoms with Crippen LogP contribution in [0.4, 0.5) is 11.4 Å². The van der Waals surface area contributed by atoms with Gasteiger partial charge in [0.2, 0.25) is 5.91 Å². The van der Waals surface area contributed by atoms with Crippen molar-refractivity contribution in [3.05, 3.63) is 90.5 Å². The number of hydrogen-bond donors (Lipinski definition) is 2. The summed E-state index contributed by atoms with van der Waals surface area (Å²) in [6.45, 7) is 0. The quantitative estimate of drug-likeness (QED) is 0.549. The van der Waals surface area contributed by atoms with E-state index in [2.05, 4.69) is 10.0 Å². The number of Topliss-reactive ketones (excluding diaryl/α,β-unsaturated/α-hetero) is 1. The highest BCUT2D eigenvalue weighted by atomic mass is 32.2. The van der Waals surface area contributed by atoms with Crippen molar-refractivity contribution in [1.82, 2.24) is 0 Å². The zero-order valence-electron chi connectivity index (χ0n) is 15.5. The van der Waals surface area contributed by atoms with Gasteiger partial charge < -0.3 is 5.32 Å². The maximum atomic E-state index is 12.4. The van der Waals surface area contributed by atoms with Crippen LogP contribution in [0.5, 0.6) is 0 Å². The van der Waals surface area contributed by atoms with Crippen LogP contribution in [0.25, 0.3) is 0 Å². The highest BCUT2D eigenvalue weighted by Crippen LogP contribution is 2.18. The van der Waals surface area contributed by atoms with E-state index in [-0.39, 0.29) is 29.4 Å². The number of ketones is 1. The van der Waals surface area contributed by atoms with Gasteiger partial charge >= 0.3 is 0 Å². The fraction of sp³-hybridized carbons (Fsp3) is 0.0909. The van der Waals surface area contributed by atoms with Crippen molar-refractivity contribution >= 4 is 33.1 Å². The van der Waals surface area contributed by atoms with Crippen molar-refractivity contribution in [1.29, 1.82) is 0 Å². The molecule has 0 aliphatic heterocycles. The van der Waals surface area contributed by atoms with E-state index in [9.17, 15) is 18.0 Å². The SMILES string of the molecule is O=C(CCC(=O)c1ccccc1)Nc1ccc(S(=O)(=O)Nc2ccccc2)cc1. The molecule has 0 bridgehead atoms. The van der Waals surface area contributed by atoms with Gasteiger partial charge in [-0.1, -0.05) is 48.5 Å². The maximum Gasteiger partial charge on any atom is 0.261 e. The Kier molecular flexibility index (Phi) is 6.41. The first-order chi connectivity index (χ1) is 13.9. The molecule has 0 unspecified atom stereocenters. The molecule has 0 atom stereocenters. The fourth-order valence-corrected chi connectivity index (χ4v) is 3.72. The van der Waals surface area contributed by atoms with Gasteiger partial charge in [-0.25, -0.2) is 8.42 Å². The van der Waals surface area contributed by atoms with E-state index in [1.165, 1.54) is 24.3 Å². The molecule has 0 saturated heterocycles. The number of benzene rings is 3. The molecule has 0 radical (unpaired) electrons. The molecule has 2 N–H and O–H groups in total. The molecule has 0 spiro atoms. The van der Waals surface area contributed by atoms with Crippen molar-refractivity contribution < 1.29 is 18.0 Å². The highest BCUT2D eigenvalue weighted by Gasteiger charge is 2.14. The molecule has 0 aliphatic rings. The lowest BCUT2D eigenvalue weighted by Gasteiger charge is -2.09. The molecule has 7 heteroatoms. The first-order valence-electron chi connectivity index (χ1n) is 9.00. The lowest BCUT2D eigenvalue weighted by molar-refractivity contribution is -0.116. The first kappa shape index (κ1) is 20.3. The highest BCUT2D eigenvalue weighted by molar-refractivity contribution is 7.92. The van der Waals surface area contributed by atoms with E-state index < -0.39 is 10.0 Å². The molecule has 148 valence electrons. The van der Waals surface area contributed by atoms with Crippen LogP contribution in [-0.2, 0) is 14.8 Å². The Bertz CT molecular complexity index is 1080. The number of sulfonamides is 1. The minimum Gasteiger partial charge on any atom is -0.326 e. The van der Waals surface area contributed by atoms with Crippen LogP contribution in [0.15, 0.2) is 89.8 Å². The van der Waals surface area contributed by atoms with Crippen LogP contribution in [0.1, 0.15) is 23.2 Å². The smallest absolute Gasteiger partial charge is 0.261 e. The van der Waals surface area contributed by atoms with E-state index in [1.54, 1.807) is 54.6 Å². The van der Waals surface area contributed by atoms with Crippen molar-refractivity contribution in [2.75, 3.05) is 10.0 Å². The summed E-state index contributed by atoms with van der Waals surface area (Å²) in [6, 6.07) is 23.2. The zero-order chi connectivity index (χ0) is 20.7. The number of rotatable bonds is 8. The molecule has 1 amide bonds. The summed E-state index contributed by atoms with van der Waals surface area (Å²) in [7, 11) is -3.72. The lowest BCUT2D eigenvalue weighted by Crippen LogP contribution is -2.15. The van der Waals surface area contributed by atoms with Gasteiger partial charge in [0.05, 0.1) is 4.90 Å². The Morgan fingerprint density at radius 1 is 0.690 bits per heavy atom. The standard InChI is InChI=1S/C22H20N2O4S/c25-21(17-7-3-1-4-8-17)15-16-22(26)23-18-11-13-20(14-12-18)29(27,28)24-19-9-5-2-6-10-19/h1-14,24H,15-16H2,(H,23,26). The Morgan fingerprint density at radius 2 is 1.28 bits per heavy atom. The molecule has 29 heavy (non-hydrogen) atoms. The minimum absolute atomic E-state index is 0.0450. The van der Waals surface area contributed by atoms with E-state index in [1.807, 2.05) is 6.07 Å². The molecule has 0 aromatic heterocycles. The second-order valence-electron chi connectivity index (χ2n) is 6.33. The molecule has 3 aromatic carbocycles. The summed E-state index contributed by atoms with van der Waals surface area (Å²) >= 11 is 0. The Labute approximate surface area is 169 Å². The van der Waals surface area contributed by atoms with E-state index in [4.69, 9.17) is 0 Å². The second-order valence-corrected chi connectivity index (χ2v) is 8.02. The average Bonchev–Trinajstić information content (AvgIpc) is 2.73. The van der Waals surface area contributed by atoms with Gasteiger partial charge in [0.1, 0.15) is 0 Å². The van der Waals surface area contributed by atoms with Gasteiger partial charge in [-0.15, -0.1) is 0 Å². The van der Waals surface area contributed by atoms with Crippen molar-refractivity contribution in [2.24, 2.45) is 0 Å². The van der Waals surface area contributed by atoms with Crippen LogP contribution in [0.3, 0.4) is 0 Å². The number of carbonyl (C=O) groups excluding carboxylic acids is 2. The number of hydrogen-bond acceptors (Lipinski definition) is 4. The van der Waals surface area contributed by atoms with Gasteiger partial charge in [-0.05, 0) is 36.4 Å². The summed E-state index contributed by atoms with van der Waals surface area (Å²) in [5.41, 5.74) is 1.49. The van der Waals surface area contributed by atoms with Crippen molar-refractivity contribution in [2.45, 2.75) is 17.7 Å². The molecule has 6 nitrogen and oxygen atoms in total. The minimum atomic E-state index is -3.72. The van der Waals surface area contributed by atoms with E-state index >= 15 is 0 Å². The first-order valence-corrected chi connectivity index (χ1v) is 10.5. The average molecular weight is 408 g/mol. The summed E-state index contributed by atoms with van der Waals surface area (Å²) in [4.78, 5) is 24.2. The van der Waals surface area contributed by atoms with Gasteiger partial charge in [0.15, 0.2) is 5.78 Å². The van der Waals surface area contributed by atoms with Gasteiger partial charge in [0, 0.05) is 29.8 Å². The monoisotopic (exact) mass is 408 g/mol. The van der Waals surface area contributed by atoms with Crippen molar-refractivity contribution in [3.8, 4) is 0 Å². The molecule has 0 heterocycles. The molecule has 0 aliphatic carbocycles. The molecule has 3 rings (SSSR count). The number of para-hydroxylation sites is 1. The predicted octanol–water partition coefficient (Wildman–Crippen LogP) is 4.09. The van der Waals surface area contributed by atoms with Gasteiger partial charge in [0.25, 0.3) is 10.0 Å². The number of carbonyl (C=O) groups is 2. The van der Waals surface area contributed by atoms with Crippen molar-refractivity contribution in [3.63, 3.8) is 0 Å². The molecular formula is C22H20N2O4S. The summed E-state index contributed by atoms with van der Waals surface area (Å²) in [6.07, 6.45) is 0.145. The second kappa shape index (κ2) is 9.16. The fourth-order valence-electron chi connectivity index (χ4n) is 2.66. The summed E-state index contributed by atoms with van der Waals surface area (Å²) < 4.78 is 27.3. The topological polar surface area (TPSA) is 92.3 Å². The van der Waals surface area contributed by atoms with Crippen LogP contribution in [-0.4, -0.2) is 20.1 Å². The Morgan fingerprint density at radius 3 is 1.90 bits per heavy atom. The van der Waals surface area contributed by atoms with Gasteiger partial charge in [-0.2, -0.15) is 0 Å². The zero-order valence-corrected chi connectivity index (χ0v) is 16.4. The van der Waals surface area contributed by atoms with E-state index in [0.717, 1.165) is 0 Å². The largest absolute Gasteiger partial charge is 0.326 e.